The van der Waals surface area contributed by atoms with Crippen LogP contribution in [0.2, 0.25) is 0 Å². The fraction of sp³-hybridized carbons (Fsp3) is 0.294. The van der Waals surface area contributed by atoms with Crippen LogP contribution in [0.25, 0.3) is 0 Å². The van der Waals surface area contributed by atoms with Gasteiger partial charge in [0.1, 0.15) is 17.3 Å². The minimum absolute atomic E-state index is 0.00403. The highest BCUT2D eigenvalue weighted by atomic mass is 19.1. The van der Waals surface area contributed by atoms with Gasteiger partial charge in [0.05, 0.1) is 7.11 Å². The molecule has 112 valence electrons. The number of phenolic OH excluding ortho intramolecular Hbond substituents is 1. The molecule has 0 bridgehead atoms. The minimum Gasteiger partial charge on any atom is -0.508 e. The van der Waals surface area contributed by atoms with Gasteiger partial charge in [0, 0.05) is 29.3 Å². The van der Waals surface area contributed by atoms with Gasteiger partial charge in [-0.1, -0.05) is 24.3 Å². The van der Waals surface area contributed by atoms with Gasteiger partial charge in [0.25, 0.3) is 0 Å². The molecule has 0 heterocycles. The first-order valence-corrected chi connectivity index (χ1v) is 6.90. The van der Waals surface area contributed by atoms with Gasteiger partial charge in [-0.15, -0.1) is 0 Å². The van der Waals surface area contributed by atoms with Gasteiger partial charge in [-0.2, -0.15) is 0 Å². The molecule has 0 aliphatic heterocycles. The van der Waals surface area contributed by atoms with Gasteiger partial charge in [0.15, 0.2) is 0 Å². The lowest BCUT2D eigenvalue weighted by Crippen LogP contribution is -2.23. The lowest BCUT2D eigenvalue weighted by atomic mass is 10.0. The van der Waals surface area contributed by atoms with Crippen molar-refractivity contribution < 1.29 is 14.2 Å². The Hall–Kier alpha value is -2.07. The van der Waals surface area contributed by atoms with E-state index in [9.17, 15) is 9.50 Å². The van der Waals surface area contributed by atoms with Crippen LogP contribution in [0.4, 0.5) is 4.39 Å². The quantitative estimate of drug-likeness (QED) is 0.875. The van der Waals surface area contributed by atoms with E-state index in [1.165, 1.54) is 6.07 Å². The van der Waals surface area contributed by atoms with Crippen LogP contribution in [0.15, 0.2) is 42.5 Å². The molecule has 2 atom stereocenters. The molecule has 0 aliphatic rings. The number of ether oxygens (including phenoxy) is 1. The number of hydrogen-bond acceptors (Lipinski definition) is 3. The fourth-order valence-corrected chi connectivity index (χ4v) is 2.45. The highest BCUT2D eigenvalue weighted by molar-refractivity contribution is 5.36. The van der Waals surface area contributed by atoms with E-state index >= 15 is 0 Å². The van der Waals surface area contributed by atoms with E-state index in [0.29, 0.717) is 5.56 Å². The summed E-state index contributed by atoms with van der Waals surface area (Å²) in [5.74, 6) is 0.319. The maximum absolute atomic E-state index is 13.9. The monoisotopic (exact) mass is 289 g/mol. The Morgan fingerprint density at radius 1 is 1.05 bits per heavy atom. The normalized spacial score (nSPS) is 13.7. The average molecular weight is 289 g/mol. The summed E-state index contributed by atoms with van der Waals surface area (Å²) in [7, 11) is 1.63. The van der Waals surface area contributed by atoms with Gasteiger partial charge < -0.3 is 15.2 Å². The first-order valence-electron chi connectivity index (χ1n) is 6.90. The first-order chi connectivity index (χ1) is 10.0. The molecule has 2 rings (SSSR count). The molecule has 4 heteroatoms. The van der Waals surface area contributed by atoms with Crippen LogP contribution in [0.5, 0.6) is 11.5 Å². The molecule has 2 aromatic carbocycles. The molecule has 0 aliphatic carbocycles. The third-order valence-corrected chi connectivity index (χ3v) is 3.56. The topological polar surface area (TPSA) is 41.5 Å². The van der Waals surface area contributed by atoms with Crippen molar-refractivity contribution in [1.29, 1.82) is 0 Å². The van der Waals surface area contributed by atoms with Crippen molar-refractivity contribution in [2.45, 2.75) is 25.9 Å². The second-order valence-corrected chi connectivity index (χ2v) is 5.06. The van der Waals surface area contributed by atoms with Gasteiger partial charge in [-0.3, -0.25) is 0 Å². The summed E-state index contributed by atoms with van der Waals surface area (Å²) in [6.45, 7) is 3.90. The standard InChI is InChI=1S/C17H20FNO2/c1-11(14-9-8-13(20)10-16(14)18)19-12(2)15-6-4-5-7-17(15)21-3/h4-12,19-20H,1-3H3/t11?,12-/m0/s1. The number of rotatable bonds is 5. The maximum atomic E-state index is 13.9. The molecule has 0 fully saturated rings. The Labute approximate surface area is 124 Å². The summed E-state index contributed by atoms with van der Waals surface area (Å²) in [5, 5.41) is 12.6. The number of hydrogen-bond donors (Lipinski definition) is 2. The third kappa shape index (κ3) is 3.52. The van der Waals surface area contributed by atoms with Crippen LogP contribution in [0, 0.1) is 5.82 Å². The zero-order valence-electron chi connectivity index (χ0n) is 12.4. The molecule has 0 amide bonds. The first kappa shape index (κ1) is 15.3. The summed E-state index contributed by atoms with van der Waals surface area (Å²) in [5.41, 5.74) is 1.54. The Bertz CT molecular complexity index is 615. The van der Waals surface area contributed by atoms with E-state index in [0.717, 1.165) is 17.4 Å². The zero-order valence-corrected chi connectivity index (χ0v) is 12.4. The van der Waals surface area contributed by atoms with Gasteiger partial charge in [0.2, 0.25) is 0 Å². The van der Waals surface area contributed by atoms with Gasteiger partial charge in [-0.25, -0.2) is 4.39 Å². The second kappa shape index (κ2) is 6.59. The molecule has 0 radical (unpaired) electrons. The summed E-state index contributed by atoms with van der Waals surface area (Å²) >= 11 is 0. The number of phenols is 1. The number of halogens is 1. The van der Waals surface area contributed by atoms with E-state index in [2.05, 4.69) is 5.32 Å². The van der Waals surface area contributed by atoms with E-state index in [1.54, 1.807) is 13.2 Å². The minimum atomic E-state index is -0.415. The molecule has 0 aromatic heterocycles. The summed E-state index contributed by atoms with van der Waals surface area (Å²) in [6.07, 6.45) is 0. The molecule has 0 saturated carbocycles. The highest BCUT2D eigenvalue weighted by Crippen LogP contribution is 2.28. The van der Waals surface area contributed by atoms with Crippen LogP contribution in [-0.2, 0) is 0 Å². The second-order valence-electron chi connectivity index (χ2n) is 5.06. The molecule has 21 heavy (non-hydrogen) atoms. The van der Waals surface area contributed by atoms with Crippen LogP contribution >= 0.6 is 0 Å². The molecule has 2 aromatic rings. The summed E-state index contributed by atoms with van der Waals surface area (Å²) in [4.78, 5) is 0. The van der Waals surface area contributed by atoms with Crippen molar-refractivity contribution in [3.05, 3.63) is 59.4 Å². The predicted molar refractivity (Wildman–Crippen MR) is 81.0 cm³/mol. The molecule has 2 N–H and O–H groups in total. The SMILES string of the molecule is COc1ccccc1[C@H](C)NC(C)c1ccc(O)cc1F. The van der Waals surface area contributed by atoms with E-state index in [4.69, 9.17) is 4.74 Å². The summed E-state index contributed by atoms with van der Waals surface area (Å²) < 4.78 is 19.2. The Kier molecular flexibility index (Phi) is 4.81. The Balaban J connectivity index is 2.16. The van der Waals surface area contributed by atoms with E-state index in [1.807, 2.05) is 38.1 Å². The summed E-state index contributed by atoms with van der Waals surface area (Å²) in [6, 6.07) is 11.8. The smallest absolute Gasteiger partial charge is 0.131 e. The van der Waals surface area contributed by atoms with Crippen LogP contribution < -0.4 is 10.1 Å². The van der Waals surface area contributed by atoms with Crippen LogP contribution in [-0.4, -0.2) is 12.2 Å². The van der Waals surface area contributed by atoms with Crippen molar-refractivity contribution in [2.75, 3.05) is 7.11 Å². The number of para-hydroxylation sites is 1. The number of nitrogens with one attached hydrogen (secondary N) is 1. The molecule has 0 spiro atoms. The lowest BCUT2D eigenvalue weighted by Gasteiger charge is -2.22. The Morgan fingerprint density at radius 2 is 1.71 bits per heavy atom. The van der Waals surface area contributed by atoms with E-state index < -0.39 is 5.82 Å². The van der Waals surface area contributed by atoms with Crippen molar-refractivity contribution in [3.63, 3.8) is 0 Å². The number of methoxy groups -OCH3 is 1. The van der Waals surface area contributed by atoms with Crippen molar-refractivity contribution in [1.82, 2.24) is 5.32 Å². The predicted octanol–water partition coefficient (Wildman–Crippen LogP) is 3.95. The van der Waals surface area contributed by atoms with Gasteiger partial charge in [-0.05, 0) is 26.0 Å². The van der Waals surface area contributed by atoms with Crippen LogP contribution in [0.3, 0.4) is 0 Å². The maximum Gasteiger partial charge on any atom is 0.131 e. The van der Waals surface area contributed by atoms with Crippen molar-refractivity contribution in [2.24, 2.45) is 0 Å². The van der Waals surface area contributed by atoms with Crippen LogP contribution in [0.1, 0.15) is 37.1 Å². The molecule has 1 unspecified atom stereocenters. The fourth-order valence-electron chi connectivity index (χ4n) is 2.45. The molecule has 3 nitrogen and oxygen atoms in total. The van der Waals surface area contributed by atoms with Crippen molar-refractivity contribution in [3.8, 4) is 11.5 Å². The Morgan fingerprint density at radius 3 is 2.38 bits per heavy atom. The highest BCUT2D eigenvalue weighted by Gasteiger charge is 2.17. The molecular formula is C17H20FNO2. The third-order valence-electron chi connectivity index (χ3n) is 3.56. The average Bonchev–Trinajstić information content (AvgIpc) is 2.46. The lowest BCUT2D eigenvalue weighted by molar-refractivity contribution is 0.395. The number of benzene rings is 2. The number of aromatic hydroxyl groups is 1. The largest absolute Gasteiger partial charge is 0.508 e. The van der Waals surface area contributed by atoms with Gasteiger partial charge >= 0.3 is 0 Å². The van der Waals surface area contributed by atoms with Crippen molar-refractivity contribution >= 4 is 0 Å². The van der Waals surface area contributed by atoms with E-state index in [-0.39, 0.29) is 17.8 Å². The molecule has 0 saturated heterocycles. The molecular weight excluding hydrogens is 269 g/mol. The zero-order chi connectivity index (χ0) is 15.4.